The van der Waals surface area contributed by atoms with E-state index in [0.717, 1.165) is 43.6 Å². The van der Waals surface area contributed by atoms with Crippen molar-refractivity contribution in [3.8, 4) is 12.3 Å². The fourth-order valence-electron chi connectivity index (χ4n) is 2.08. The number of aromatic nitrogens is 1. The van der Waals surface area contributed by atoms with Gasteiger partial charge in [-0.1, -0.05) is 5.92 Å². The number of carbonyl (C=O) groups excluding carboxylic acids is 1. The molecule has 1 unspecified atom stereocenters. The first-order valence-electron chi connectivity index (χ1n) is 5.45. The van der Waals surface area contributed by atoms with E-state index >= 15 is 0 Å². The van der Waals surface area contributed by atoms with Crippen molar-refractivity contribution in [2.75, 3.05) is 13.1 Å². The lowest BCUT2D eigenvalue weighted by molar-refractivity contribution is -0.119. The minimum absolute atomic E-state index is 0.353. The number of nitrogens with zero attached hydrogens (tertiary/aromatic N) is 2. The van der Waals surface area contributed by atoms with Crippen LogP contribution in [0.15, 0.2) is 18.3 Å². The first-order chi connectivity index (χ1) is 7.83. The third kappa shape index (κ3) is 2.22. The SMILES string of the molecule is C#Cc1ccc(C2CCCN(C=O)C2)nc1. The summed E-state index contributed by atoms with van der Waals surface area (Å²) in [5, 5.41) is 0. The predicted octanol–water partition coefficient (Wildman–Crippen LogP) is 1.40. The highest BCUT2D eigenvalue weighted by molar-refractivity contribution is 5.47. The predicted molar refractivity (Wildman–Crippen MR) is 61.8 cm³/mol. The Morgan fingerprint density at radius 1 is 1.56 bits per heavy atom. The lowest BCUT2D eigenvalue weighted by Crippen LogP contribution is -2.33. The summed E-state index contributed by atoms with van der Waals surface area (Å²) in [7, 11) is 0. The van der Waals surface area contributed by atoms with Crippen LogP contribution >= 0.6 is 0 Å². The smallest absolute Gasteiger partial charge is 0.209 e. The summed E-state index contributed by atoms with van der Waals surface area (Å²) in [6, 6.07) is 3.87. The monoisotopic (exact) mass is 214 g/mol. The van der Waals surface area contributed by atoms with Gasteiger partial charge in [-0.25, -0.2) is 0 Å². The molecule has 0 spiro atoms. The Labute approximate surface area is 95.5 Å². The Balaban J connectivity index is 2.11. The van der Waals surface area contributed by atoms with E-state index in [1.54, 1.807) is 6.20 Å². The molecule has 1 aliphatic heterocycles. The molecule has 0 aliphatic carbocycles. The summed E-state index contributed by atoms with van der Waals surface area (Å²) < 4.78 is 0. The molecule has 0 N–H and O–H groups in total. The van der Waals surface area contributed by atoms with Gasteiger partial charge in [-0.2, -0.15) is 0 Å². The number of hydrogen-bond donors (Lipinski definition) is 0. The zero-order valence-electron chi connectivity index (χ0n) is 9.10. The van der Waals surface area contributed by atoms with Crippen LogP contribution in [0.5, 0.6) is 0 Å². The number of amides is 1. The highest BCUT2D eigenvalue weighted by atomic mass is 16.1. The molecule has 1 aromatic rings. The third-order valence-corrected chi connectivity index (χ3v) is 2.97. The van der Waals surface area contributed by atoms with Gasteiger partial charge in [0.05, 0.1) is 0 Å². The molecule has 1 atom stereocenters. The Morgan fingerprint density at radius 3 is 3.06 bits per heavy atom. The van der Waals surface area contributed by atoms with Gasteiger partial charge in [0.15, 0.2) is 0 Å². The van der Waals surface area contributed by atoms with Crippen molar-refractivity contribution in [2.45, 2.75) is 18.8 Å². The van der Waals surface area contributed by atoms with Crippen molar-refractivity contribution < 1.29 is 4.79 Å². The van der Waals surface area contributed by atoms with Crippen molar-refractivity contribution in [2.24, 2.45) is 0 Å². The van der Waals surface area contributed by atoms with E-state index < -0.39 is 0 Å². The standard InChI is InChI=1S/C13H14N2O/c1-2-11-5-6-13(14-8-11)12-4-3-7-15(9-12)10-16/h1,5-6,8,10,12H,3-4,7,9H2. The lowest BCUT2D eigenvalue weighted by atomic mass is 9.94. The number of likely N-dealkylation sites (tertiary alicyclic amines) is 1. The molecule has 2 rings (SSSR count). The van der Waals surface area contributed by atoms with E-state index in [1.165, 1.54) is 0 Å². The van der Waals surface area contributed by atoms with Gasteiger partial charge < -0.3 is 4.90 Å². The third-order valence-electron chi connectivity index (χ3n) is 2.97. The van der Waals surface area contributed by atoms with Gasteiger partial charge in [-0.15, -0.1) is 6.42 Å². The van der Waals surface area contributed by atoms with Crippen molar-refractivity contribution >= 4 is 6.41 Å². The van der Waals surface area contributed by atoms with Crippen LogP contribution in [0.4, 0.5) is 0 Å². The van der Waals surface area contributed by atoms with Crippen LogP contribution in [0.3, 0.4) is 0 Å². The van der Waals surface area contributed by atoms with Crippen molar-refractivity contribution in [1.82, 2.24) is 9.88 Å². The molecule has 0 radical (unpaired) electrons. The van der Waals surface area contributed by atoms with Crippen LogP contribution in [0.2, 0.25) is 0 Å². The Kier molecular flexibility index (Phi) is 3.21. The zero-order valence-corrected chi connectivity index (χ0v) is 9.10. The molecule has 3 heteroatoms. The van der Waals surface area contributed by atoms with Gasteiger partial charge in [0.1, 0.15) is 0 Å². The molecular weight excluding hydrogens is 200 g/mol. The second kappa shape index (κ2) is 4.80. The van der Waals surface area contributed by atoms with E-state index in [4.69, 9.17) is 6.42 Å². The maximum Gasteiger partial charge on any atom is 0.209 e. The second-order valence-electron chi connectivity index (χ2n) is 4.06. The van der Waals surface area contributed by atoms with E-state index in [0.29, 0.717) is 5.92 Å². The first-order valence-corrected chi connectivity index (χ1v) is 5.45. The number of pyridine rings is 1. The number of terminal acetylenes is 1. The average Bonchev–Trinajstić information content (AvgIpc) is 2.39. The molecule has 1 amide bonds. The highest BCUT2D eigenvalue weighted by Crippen LogP contribution is 2.24. The number of rotatable bonds is 2. The van der Waals surface area contributed by atoms with E-state index in [1.807, 2.05) is 17.0 Å². The van der Waals surface area contributed by atoms with Crippen molar-refractivity contribution in [3.05, 3.63) is 29.6 Å². The van der Waals surface area contributed by atoms with Crippen molar-refractivity contribution in [3.63, 3.8) is 0 Å². The van der Waals surface area contributed by atoms with Gasteiger partial charge in [0, 0.05) is 36.5 Å². The van der Waals surface area contributed by atoms with E-state index in [2.05, 4.69) is 10.9 Å². The number of piperidine rings is 1. The second-order valence-corrected chi connectivity index (χ2v) is 4.06. The van der Waals surface area contributed by atoms with Crippen LogP contribution in [-0.4, -0.2) is 29.4 Å². The van der Waals surface area contributed by atoms with Crippen LogP contribution in [-0.2, 0) is 4.79 Å². The minimum Gasteiger partial charge on any atom is -0.345 e. The Morgan fingerprint density at radius 2 is 2.44 bits per heavy atom. The number of carbonyl (C=O) groups is 1. The fraction of sp³-hybridized carbons (Fsp3) is 0.385. The first kappa shape index (κ1) is 10.7. The quantitative estimate of drug-likeness (QED) is 0.550. The zero-order chi connectivity index (χ0) is 11.4. The van der Waals surface area contributed by atoms with Gasteiger partial charge in [0.2, 0.25) is 6.41 Å². The van der Waals surface area contributed by atoms with E-state index in [9.17, 15) is 4.79 Å². The highest BCUT2D eigenvalue weighted by Gasteiger charge is 2.20. The largest absolute Gasteiger partial charge is 0.345 e. The fourth-order valence-corrected chi connectivity index (χ4v) is 2.08. The van der Waals surface area contributed by atoms with Gasteiger partial charge >= 0.3 is 0 Å². The van der Waals surface area contributed by atoms with Gasteiger partial charge in [-0.3, -0.25) is 9.78 Å². The summed E-state index contributed by atoms with van der Waals surface area (Å²) in [6.45, 7) is 1.63. The molecule has 1 aromatic heterocycles. The van der Waals surface area contributed by atoms with Crippen LogP contribution < -0.4 is 0 Å². The lowest BCUT2D eigenvalue weighted by Gasteiger charge is -2.29. The molecular formula is C13H14N2O. The minimum atomic E-state index is 0.353. The normalized spacial score (nSPS) is 20.2. The molecule has 0 aromatic carbocycles. The summed E-state index contributed by atoms with van der Waals surface area (Å²) in [5.74, 6) is 2.90. The maximum atomic E-state index is 10.7. The maximum absolute atomic E-state index is 10.7. The molecule has 2 heterocycles. The van der Waals surface area contributed by atoms with E-state index in [-0.39, 0.29) is 0 Å². The summed E-state index contributed by atoms with van der Waals surface area (Å²) in [4.78, 5) is 16.9. The Hall–Kier alpha value is -1.82. The molecule has 82 valence electrons. The topological polar surface area (TPSA) is 33.2 Å². The molecule has 1 fully saturated rings. The van der Waals surface area contributed by atoms with Crippen molar-refractivity contribution in [1.29, 1.82) is 0 Å². The summed E-state index contributed by atoms with van der Waals surface area (Å²) in [5.41, 5.74) is 1.83. The molecule has 16 heavy (non-hydrogen) atoms. The molecule has 1 aliphatic rings. The summed E-state index contributed by atoms with van der Waals surface area (Å²) >= 11 is 0. The summed E-state index contributed by atoms with van der Waals surface area (Å²) in [6.07, 6.45) is 10.0. The van der Waals surface area contributed by atoms with Gasteiger partial charge in [-0.05, 0) is 25.0 Å². The van der Waals surface area contributed by atoms with Gasteiger partial charge in [0.25, 0.3) is 0 Å². The molecule has 0 bridgehead atoms. The number of hydrogen-bond acceptors (Lipinski definition) is 2. The Bertz CT molecular complexity index is 405. The van der Waals surface area contributed by atoms with Crippen LogP contribution in [0.25, 0.3) is 0 Å². The molecule has 0 saturated carbocycles. The van der Waals surface area contributed by atoms with Crippen LogP contribution in [0.1, 0.15) is 30.0 Å². The van der Waals surface area contributed by atoms with Crippen LogP contribution in [0, 0.1) is 12.3 Å². The molecule has 1 saturated heterocycles. The molecule has 3 nitrogen and oxygen atoms in total. The average molecular weight is 214 g/mol.